The second kappa shape index (κ2) is 5.95. The normalized spacial score (nSPS) is 10.5. The largest absolute Gasteiger partial charge is 0.462 e. The molecule has 0 atom stereocenters. The molecule has 1 aromatic carbocycles. The van der Waals surface area contributed by atoms with Crippen LogP contribution in [0.1, 0.15) is 44.6 Å². The van der Waals surface area contributed by atoms with Crippen LogP contribution in [0.4, 0.5) is 0 Å². The Bertz CT molecular complexity index is 684. The van der Waals surface area contributed by atoms with Gasteiger partial charge in [0.2, 0.25) is 5.78 Å². The summed E-state index contributed by atoms with van der Waals surface area (Å²) in [7, 11) is 1.79. The topological polar surface area (TPSA) is 48.3 Å². The Labute approximate surface area is 124 Å². The fourth-order valence-corrected chi connectivity index (χ4v) is 2.53. The molecule has 0 unspecified atom stereocenters. The van der Waals surface area contributed by atoms with Crippen LogP contribution in [-0.2, 0) is 11.8 Å². The Hall–Kier alpha value is -2.36. The van der Waals surface area contributed by atoms with Gasteiger partial charge < -0.3 is 9.30 Å². The third-order valence-corrected chi connectivity index (χ3v) is 3.66. The van der Waals surface area contributed by atoms with Crippen LogP contribution >= 0.6 is 0 Å². The zero-order valence-corrected chi connectivity index (χ0v) is 12.8. The molecule has 0 aliphatic carbocycles. The van der Waals surface area contributed by atoms with E-state index in [4.69, 9.17) is 4.74 Å². The summed E-state index contributed by atoms with van der Waals surface area (Å²) in [5, 5.41) is 0. The predicted molar refractivity (Wildman–Crippen MR) is 80.7 cm³/mol. The number of esters is 1. The molecule has 0 saturated carbocycles. The van der Waals surface area contributed by atoms with E-state index in [2.05, 4.69) is 0 Å². The highest BCUT2D eigenvalue weighted by atomic mass is 16.5. The first kappa shape index (κ1) is 15.0. The monoisotopic (exact) mass is 285 g/mol. The molecule has 0 bridgehead atoms. The number of benzene rings is 1. The summed E-state index contributed by atoms with van der Waals surface area (Å²) >= 11 is 0. The van der Waals surface area contributed by atoms with Crippen molar-refractivity contribution in [3.05, 3.63) is 58.4 Å². The molecule has 4 heteroatoms. The molecule has 4 nitrogen and oxygen atoms in total. The summed E-state index contributed by atoms with van der Waals surface area (Å²) in [5.41, 5.74) is 3.03. The Morgan fingerprint density at radius 1 is 1.14 bits per heavy atom. The van der Waals surface area contributed by atoms with Gasteiger partial charge in [0.15, 0.2) is 0 Å². The summed E-state index contributed by atoms with van der Waals surface area (Å²) < 4.78 is 6.84. The van der Waals surface area contributed by atoms with Gasteiger partial charge in [0.1, 0.15) is 0 Å². The van der Waals surface area contributed by atoms with Crippen LogP contribution in [0, 0.1) is 13.8 Å². The van der Waals surface area contributed by atoms with Crippen molar-refractivity contribution in [2.24, 2.45) is 7.05 Å². The van der Waals surface area contributed by atoms with Crippen LogP contribution in [0.5, 0.6) is 0 Å². The first-order valence-corrected chi connectivity index (χ1v) is 6.91. The number of carbonyl (C=O) groups excluding carboxylic acids is 2. The lowest BCUT2D eigenvalue weighted by molar-refractivity contribution is 0.0524. The quantitative estimate of drug-likeness (QED) is 0.641. The average Bonchev–Trinajstić information content (AvgIpc) is 2.70. The van der Waals surface area contributed by atoms with E-state index in [0.29, 0.717) is 29.0 Å². The van der Waals surface area contributed by atoms with Crippen LogP contribution in [0.15, 0.2) is 30.3 Å². The second-order valence-corrected chi connectivity index (χ2v) is 4.91. The maximum atomic E-state index is 12.7. The van der Waals surface area contributed by atoms with E-state index in [1.807, 2.05) is 25.1 Å². The van der Waals surface area contributed by atoms with Gasteiger partial charge in [-0.1, -0.05) is 30.3 Å². The average molecular weight is 285 g/mol. The number of hydrogen-bond acceptors (Lipinski definition) is 3. The zero-order valence-electron chi connectivity index (χ0n) is 12.8. The van der Waals surface area contributed by atoms with E-state index in [1.54, 1.807) is 37.6 Å². The van der Waals surface area contributed by atoms with Gasteiger partial charge in [-0.25, -0.2) is 4.79 Å². The Morgan fingerprint density at radius 2 is 1.76 bits per heavy atom. The van der Waals surface area contributed by atoms with Crippen molar-refractivity contribution < 1.29 is 14.3 Å². The van der Waals surface area contributed by atoms with Gasteiger partial charge in [0.25, 0.3) is 0 Å². The minimum atomic E-state index is -0.379. The second-order valence-electron chi connectivity index (χ2n) is 4.91. The third kappa shape index (κ3) is 2.61. The molecule has 0 amide bonds. The molecule has 2 aromatic rings. The molecule has 1 heterocycles. The maximum Gasteiger partial charge on any atom is 0.340 e. The zero-order chi connectivity index (χ0) is 15.6. The number of ether oxygens (including phenoxy) is 1. The lowest BCUT2D eigenvalue weighted by atomic mass is 10.0. The first-order valence-electron chi connectivity index (χ1n) is 6.91. The molecule has 1 aromatic heterocycles. The lowest BCUT2D eigenvalue weighted by Crippen LogP contribution is -2.09. The van der Waals surface area contributed by atoms with Gasteiger partial charge in [0.05, 0.1) is 17.9 Å². The van der Waals surface area contributed by atoms with Crippen LogP contribution in [0.2, 0.25) is 0 Å². The highest BCUT2D eigenvalue weighted by Gasteiger charge is 2.26. The van der Waals surface area contributed by atoms with Crippen molar-refractivity contribution in [2.45, 2.75) is 20.8 Å². The summed E-state index contributed by atoms with van der Waals surface area (Å²) in [6.07, 6.45) is 0. The van der Waals surface area contributed by atoms with Gasteiger partial charge in [-0.3, -0.25) is 4.79 Å². The summed E-state index contributed by atoms with van der Waals surface area (Å²) in [6, 6.07) is 9.06. The number of carbonyl (C=O) groups is 2. The van der Waals surface area contributed by atoms with Crippen molar-refractivity contribution >= 4 is 11.8 Å². The fourth-order valence-electron chi connectivity index (χ4n) is 2.53. The molecule has 0 fully saturated rings. The van der Waals surface area contributed by atoms with Gasteiger partial charge in [-0.15, -0.1) is 0 Å². The van der Waals surface area contributed by atoms with E-state index in [-0.39, 0.29) is 11.8 Å². The number of rotatable bonds is 4. The van der Waals surface area contributed by atoms with Crippen LogP contribution in [0.25, 0.3) is 0 Å². The molecule has 0 N–H and O–H groups in total. The van der Waals surface area contributed by atoms with Crippen molar-refractivity contribution in [3.8, 4) is 0 Å². The van der Waals surface area contributed by atoms with Crippen molar-refractivity contribution in [2.75, 3.05) is 6.61 Å². The summed E-state index contributed by atoms with van der Waals surface area (Å²) in [4.78, 5) is 24.7. The third-order valence-electron chi connectivity index (χ3n) is 3.66. The van der Waals surface area contributed by atoms with Crippen LogP contribution in [0.3, 0.4) is 0 Å². The van der Waals surface area contributed by atoms with Gasteiger partial charge in [-0.2, -0.15) is 0 Å². The smallest absolute Gasteiger partial charge is 0.340 e. The minimum Gasteiger partial charge on any atom is -0.462 e. The van der Waals surface area contributed by atoms with E-state index in [0.717, 1.165) is 5.69 Å². The fraction of sp³-hybridized carbons (Fsp3) is 0.294. The first-order chi connectivity index (χ1) is 9.99. The lowest BCUT2D eigenvalue weighted by Gasteiger charge is -2.05. The molecule has 110 valence electrons. The number of hydrogen-bond donors (Lipinski definition) is 0. The Kier molecular flexibility index (Phi) is 4.26. The Morgan fingerprint density at radius 3 is 2.33 bits per heavy atom. The van der Waals surface area contributed by atoms with Crippen molar-refractivity contribution in [1.82, 2.24) is 4.57 Å². The molecule has 0 spiro atoms. The number of ketones is 1. The summed E-state index contributed by atoms with van der Waals surface area (Å²) in [6.45, 7) is 5.69. The number of nitrogens with zero attached hydrogens (tertiary/aromatic N) is 1. The van der Waals surface area contributed by atoms with E-state index in [9.17, 15) is 9.59 Å². The molecule has 0 aliphatic heterocycles. The molecular weight excluding hydrogens is 266 g/mol. The van der Waals surface area contributed by atoms with Gasteiger partial charge >= 0.3 is 5.97 Å². The van der Waals surface area contributed by atoms with Crippen LogP contribution < -0.4 is 0 Å². The molecule has 2 rings (SSSR count). The van der Waals surface area contributed by atoms with Gasteiger partial charge in [-0.05, 0) is 26.3 Å². The summed E-state index contributed by atoms with van der Waals surface area (Å²) in [5.74, 6) is -0.468. The predicted octanol–water partition coefficient (Wildman–Crippen LogP) is 3.05. The highest BCUT2D eigenvalue weighted by Crippen LogP contribution is 2.24. The van der Waals surface area contributed by atoms with Gasteiger partial charge in [0, 0.05) is 18.3 Å². The molecule has 21 heavy (non-hydrogen) atoms. The Balaban J connectivity index is 2.54. The van der Waals surface area contributed by atoms with Crippen molar-refractivity contribution in [3.63, 3.8) is 0 Å². The SMILES string of the molecule is CCOC(=O)c1c(C)c(C(=O)c2ccccc2)n(C)c1C. The van der Waals surface area contributed by atoms with Crippen LogP contribution in [-0.4, -0.2) is 22.9 Å². The standard InChI is InChI=1S/C17H19NO3/c1-5-21-17(20)14-11(2)15(18(4)12(14)3)16(19)13-9-7-6-8-10-13/h6-10H,5H2,1-4H3. The minimum absolute atomic E-state index is 0.0887. The van der Waals surface area contributed by atoms with E-state index < -0.39 is 0 Å². The van der Waals surface area contributed by atoms with Crippen molar-refractivity contribution in [1.29, 1.82) is 0 Å². The highest BCUT2D eigenvalue weighted by molar-refractivity contribution is 6.11. The maximum absolute atomic E-state index is 12.7. The molecule has 0 aliphatic rings. The molecular formula is C17H19NO3. The van der Waals surface area contributed by atoms with E-state index in [1.165, 1.54) is 0 Å². The number of aromatic nitrogens is 1. The molecule has 0 saturated heterocycles. The molecule has 0 radical (unpaired) electrons. The van der Waals surface area contributed by atoms with E-state index >= 15 is 0 Å².